The zero-order valence-electron chi connectivity index (χ0n) is 11.6. The van der Waals surface area contributed by atoms with Crippen LogP contribution >= 0.6 is 0 Å². The molecule has 2 N–H and O–H groups in total. The molecular weight excluding hydrogens is 252 g/mol. The number of rotatable bonds is 3. The zero-order valence-corrected chi connectivity index (χ0v) is 11.6. The Kier molecular flexibility index (Phi) is 3.08. The molecule has 4 heteroatoms. The fourth-order valence-corrected chi connectivity index (χ4v) is 3.14. The van der Waals surface area contributed by atoms with Gasteiger partial charge in [0.2, 0.25) is 5.91 Å². The van der Waals surface area contributed by atoms with E-state index in [0.29, 0.717) is 18.4 Å². The number of fused-ring (bicyclic) bond motifs is 3. The summed E-state index contributed by atoms with van der Waals surface area (Å²) in [7, 11) is 0. The Labute approximate surface area is 117 Å². The minimum Gasteiger partial charge on any atom is -0.366 e. The number of amides is 1. The Hall–Kier alpha value is -2.10. The van der Waals surface area contributed by atoms with Gasteiger partial charge in [-0.25, -0.2) is 0 Å². The number of carbonyl (C=O) groups is 2. The molecule has 1 aliphatic carbocycles. The molecule has 0 radical (unpaired) electrons. The minimum atomic E-state index is -0.425. The van der Waals surface area contributed by atoms with Crippen LogP contribution in [0.5, 0.6) is 0 Å². The zero-order chi connectivity index (χ0) is 14.3. The molecule has 0 fully saturated rings. The van der Waals surface area contributed by atoms with E-state index in [-0.39, 0.29) is 5.78 Å². The molecule has 4 nitrogen and oxygen atoms in total. The highest BCUT2D eigenvalue weighted by molar-refractivity contribution is 6.00. The molecule has 1 amide bonds. The first-order valence-corrected chi connectivity index (χ1v) is 7.07. The Morgan fingerprint density at radius 1 is 1.35 bits per heavy atom. The van der Waals surface area contributed by atoms with Crippen LogP contribution in [-0.2, 0) is 24.2 Å². The molecule has 2 aromatic rings. The van der Waals surface area contributed by atoms with Gasteiger partial charge in [0, 0.05) is 41.5 Å². The highest BCUT2D eigenvalue weighted by Crippen LogP contribution is 2.32. The van der Waals surface area contributed by atoms with Crippen LogP contribution in [0, 0.1) is 0 Å². The number of carbonyl (C=O) groups excluding carboxylic acids is 2. The third kappa shape index (κ3) is 1.92. The molecule has 0 bridgehead atoms. The molecule has 1 aliphatic rings. The Bertz CT molecular complexity index is 713. The van der Waals surface area contributed by atoms with Crippen LogP contribution in [0.25, 0.3) is 10.9 Å². The van der Waals surface area contributed by atoms with Crippen molar-refractivity contribution in [2.45, 2.75) is 39.2 Å². The Morgan fingerprint density at radius 3 is 2.85 bits per heavy atom. The molecule has 20 heavy (non-hydrogen) atoms. The molecule has 0 saturated carbocycles. The number of nitrogens with zero attached hydrogens (tertiary/aromatic N) is 1. The second-order valence-corrected chi connectivity index (χ2v) is 5.39. The number of nitrogens with two attached hydrogens (primary N) is 1. The third-order valence-corrected chi connectivity index (χ3v) is 4.03. The summed E-state index contributed by atoms with van der Waals surface area (Å²) in [5.74, 6) is -0.149. The van der Waals surface area contributed by atoms with E-state index in [1.54, 1.807) is 6.07 Å². The van der Waals surface area contributed by atoms with Gasteiger partial charge in [-0.3, -0.25) is 9.59 Å². The predicted molar refractivity (Wildman–Crippen MR) is 77.8 cm³/mol. The summed E-state index contributed by atoms with van der Waals surface area (Å²) in [6, 6.07) is 5.55. The number of primary amides is 1. The highest BCUT2D eigenvalue weighted by Gasteiger charge is 2.23. The molecule has 1 heterocycles. The summed E-state index contributed by atoms with van der Waals surface area (Å²) in [6.07, 6.45) is 2.94. The van der Waals surface area contributed by atoms with Crippen LogP contribution < -0.4 is 5.73 Å². The molecule has 0 spiro atoms. The van der Waals surface area contributed by atoms with Gasteiger partial charge in [0.1, 0.15) is 5.78 Å². The Morgan fingerprint density at radius 2 is 2.15 bits per heavy atom. The molecule has 0 saturated heterocycles. The maximum atomic E-state index is 11.8. The van der Waals surface area contributed by atoms with Crippen molar-refractivity contribution in [2.75, 3.05) is 0 Å². The van der Waals surface area contributed by atoms with Gasteiger partial charge in [0.05, 0.1) is 0 Å². The van der Waals surface area contributed by atoms with Gasteiger partial charge in [0.15, 0.2) is 0 Å². The van der Waals surface area contributed by atoms with Crippen LogP contribution in [0.15, 0.2) is 18.2 Å². The lowest BCUT2D eigenvalue weighted by Gasteiger charge is -2.14. The fourth-order valence-electron chi connectivity index (χ4n) is 3.14. The van der Waals surface area contributed by atoms with Crippen molar-refractivity contribution in [2.24, 2.45) is 5.73 Å². The van der Waals surface area contributed by atoms with E-state index in [1.165, 1.54) is 5.69 Å². The van der Waals surface area contributed by atoms with Crippen molar-refractivity contribution < 1.29 is 9.59 Å². The Balaban J connectivity index is 2.28. The average Bonchev–Trinajstić information content (AvgIpc) is 2.73. The third-order valence-electron chi connectivity index (χ3n) is 4.03. The van der Waals surface area contributed by atoms with E-state index < -0.39 is 5.91 Å². The second-order valence-electron chi connectivity index (χ2n) is 5.39. The van der Waals surface area contributed by atoms with E-state index in [9.17, 15) is 9.59 Å². The lowest BCUT2D eigenvalue weighted by atomic mass is 9.94. The molecule has 0 atom stereocenters. The maximum Gasteiger partial charge on any atom is 0.248 e. The van der Waals surface area contributed by atoms with E-state index in [1.807, 2.05) is 12.1 Å². The summed E-state index contributed by atoms with van der Waals surface area (Å²) in [5, 5.41) is 1.01. The number of aryl methyl sites for hydroxylation is 1. The minimum absolute atomic E-state index is 0.275. The standard InChI is InChI=1S/C16H18N2O2/c1-2-7-18-14-5-3-10(16(17)20)8-12(14)13-9-11(19)4-6-15(13)18/h3,5,8H,2,4,6-7,9H2,1H3,(H2,17,20). The maximum absolute atomic E-state index is 11.8. The lowest BCUT2D eigenvalue weighted by molar-refractivity contribution is -0.118. The van der Waals surface area contributed by atoms with Crippen LogP contribution in [0.4, 0.5) is 0 Å². The molecule has 0 unspecified atom stereocenters. The number of Topliss-reactive ketones (excluding diaryl/α,β-unsaturated/α-hetero) is 1. The molecule has 0 aliphatic heterocycles. The first-order chi connectivity index (χ1) is 9.61. The molecular formula is C16H18N2O2. The van der Waals surface area contributed by atoms with Crippen molar-refractivity contribution in [1.29, 1.82) is 0 Å². The van der Waals surface area contributed by atoms with Crippen LogP contribution in [0.3, 0.4) is 0 Å². The van der Waals surface area contributed by atoms with Crippen LogP contribution in [0.2, 0.25) is 0 Å². The summed E-state index contributed by atoms with van der Waals surface area (Å²) in [4.78, 5) is 23.1. The van der Waals surface area contributed by atoms with Gasteiger partial charge in [0.25, 0.3) is 0 Å². The predicted octanol–water partition coefficient (Wildman–Crippen LogP) is 2.21. The number of hydrogen-bond acceptors (Lipinski definition) is 2. The van der Waals surface area contributed by atoms with Crippen molar-refractivity contribution in [3.8, 4) is 0 Å². The van der Waals surface area contributed by atoms with Gasteiger partial charge in [-0.2, -0.15) is 0 Å². The van der Waals surface area contributed by atoms with Crippen molar-refractivity contribution in [3.63, 3.8) is 0 Å². The van der Waals surface area contributed by atoms with Gasteiger partial charge in [-0.1, -0.05) is 6.92 Å². The first-order valence-electron chi connectivity index (χ1n) is 7.07. The summed E-state index contributed by atoms with van der Waals surface area (Å²) in [5.41, 5.74) is 9.32. The molecule has 1 aromatic heterocycles. The van der Waals surface area contributed by atoms with E-state index in [4.69, 9.17) is 5.73 Å². The van der Waals surface area contributed by atoms with Crippen molar-refractivity contribution in [1.82, 2.24) is 4.57 Å². The number of hydrogen-bond donors (Lipinski definition) is 1. The second kappa shape index (κ2) is 4.78. The summed E-state index contributed by atoms with van der Waals surface area (Å²) < 4.78 is 2.29. The topological polar surface area (TPSA) is 65.1 Å². The van der Waals surface area contributed by atoms with Crippen LogP contribution in [0.1, 0.15) is 41.4 Å². The average molecular weight is 270 g/mol. The SMILES string of the molecule is CCCn1c2c(c3cc(C(N)=O)ccc31)CC(=O)CC2. The van der Waals surface area contributed by atoms with Gasteiger partial charge in [-0.15, -0.1) is 0 Å². The number of ketones is 1. The largest absolute Gasteiger partial charge is 0.366 e. The van der Waals surface area contributed by atoms with Gasteiger partial charge >= 0.3 is 0 Å². The van der Waals surface area contributed by atoms with Gasteiger partial charge < -0.3 is 10.3 Å². The summed E-state index contributed by atoms with van der Waals surface area (Å²) in [6.45, 7) is 3.08. The quantitative estimate of drug-likeness (QED) is 0.929. The smallest absolute Gasteiger partial charge is 0.248 e. The molecule has 104 valence electrons. The van der Waals surface area contributed by atoms with Crippen molar-refractivity contribution >= 4 is 22.6 Å². The molecule has 3 rings (SSSR count). The van der Waals surface area contributed by atoms with Crippen LogP contribution in [-0.4, -0.2) is 16.3 Å². The molecule has 1 aromatic carbocycles. The lowest BCUT2D eigenvalue weighted by Crippen LogP contribution is -2.15. The van der Waals surface area contributed by atoms with Crippen molar-refractivity contribution in [3.05, 3.63) is 35.0 Å². The first kappa shape index (κ1) is 12.9. The highest BCUT2D eigenvalue weighted by atomic mass is 16.1. The normalized spacial score (nSPS) is 14.6. The van der Waals surface area contributed by atoms with E-state index >= 15 is 0 Å². The van der Waals surface area contributed by atoms with Gasteiger partial charge in [-0.05, 0) is 36.6 Å². The number of benzene rings is 1. The van der Waals surface area contributed by atoms with E-state index in [2.05, 4.69) is 11.5 Å². The monoisotopic (exact) mass is 270 g/mol. The number of aromatic nitrogens is 1. The van der Waals surface area contributed by atoms with E-state index in [0.717, 1.165) is 35.9 Å². The fraction of sp³-hybridized carbons (Fsp3) is 0.375. The summed E-state index contributed by atoms with van der Waals surface area (Å²) >= 11 is 0.